The molecule has 4 rings (SSSR count). The first-order valence-corrected chi connectivity index (χ1v) is 8.60. The highest BCUT2D eigenvalue weighted by molar-refractivity contribution is 7.86. The summed E-state index contributed by atoms with van der Waals surface area (Å²) in [5.41, 5.74) is 13.3. The molecule has 2 heterocycles. The SMILES string of the molecule is CC1=N[C-](N2[N-][C+](c3ccccc3)[N-]N2c2ccccc2)[SH+][C-]1C. The summed E-state index contributed by atoms with van der Waals surface area (Å²) in [6.07, 6.45) is 0.680. The quantitative estimate of drug-likeness (QED) is 0.481. The number of para-hydroxylation sites is 1. The van der Waals surface area contributed by atoms with Crippen molar-refractivity contribution >= 4 is 23.2 Å². The lowest BCUT2D eigenvalue weighted by Gasteiger charge is -2.47. The topological polar surface area (TPSA) is 47.0 Å². The Morgan fingerprint density at radius 3 is 2.29 bits per heavy atom. The van der Waals surface area contributed by atoms with E-state index in [9.17, 15) is 0 Å². The lowest BCUT2D eigenvalue weighted by atomic mass is 10.2. The van der Waals surface area contributed by atoms with Crippen molar-refractivity contribution in [1.29, 1.82) is 0 Å². The molecule has 0 unspecified atom stereocenters. The smallest absolute Gasteiger partial charge is 0.117 e. The summed E-state index contributed by atoms with van der Waals surface area (Å²) in [5.74, 6) is 0. The van der Waals surface area contributed by atoms with Crippen molar-refractivity contribution in [2.24, 2.45) is 4.99 Å². The normalized spacial score (nSPS) is 18.5. The van der Waals surface area contributed by atoms with Gasteiger partial charge in [-0.25, -0.2) is 11.0 Å². The zero-order valence-corrected chi connectivity index (χ0v) is 14.4. The van der Waals surface area contributed by atoms with Crippen LogP contribution in [0, 0.1) is 16.9 Å². The molecule has 6 heteroatoms. The minimum Gasteiger partial charge on any atom is -0.513 e. The molecule has 0 aliphatic carbocycles. The highest BCUT2D eigenvalue weighted by Gasteiger charge is 2.22. The van der Waals surface area contributed by atoms with E-state index in [1.807, 2.05) is 67.6 Å². The van der Waals surface area contributed by atoms with Crippen LogP contribution < -0.4 is 5.12 Å². The summed E-state index contributed by atoms with van der Waals surface area (Å²) in [6.45, 7) is 4.12. The minimum atomic E-state index is 0.680. The third kappa shape index (κ3) is 2.81. The molecule has 0 atom stereocenters. The van der Waals surface area contributed by atoms with E-state index in [1.165, 1.54) is 5.25 Å². The summed E-state index contributed by atoms with van der Waals surface area (Å²) in [4.78, 5) is 4.66. The monoisotopic (exact) mass is 335 g/mol. The van der Waals surface area contributed by atoms with Crippen LogP contribution in [0.3, 0.4) is 0 Å². The number of aliphatic imine (C=N–C) groups is 1. The number of thiol groups is 1. The van der Waals surface area contributed by atoms with Gasteiger partial charge in [-0.2, -0.15) is 11.8 Å². The van der Waals surface area contributed by atoms with Crippen molar-refractivity contribution in [3.05, 3.63) is 94.0 Å². The number of benzene rings is 2. The summed E-state index contributed by atoms with van der Waals surface area (Å²) in [6, 6.07) is 20.0. The number of hydrazine groups is 1. The van der Waals surface area contributed by atoms with Gasteiger partial charge in [0.25, 0.3) is 0 Å². The average Bonchev–Trinajstić information content (AvgIpc) is 3.21. The molecule has 0 bridgehead atoms. The highest BCUT2D eigenvalue weighted by Crippen LogP contribution is 2.46. The number of anilines is 1. The third-order valence-electron chi connectivity index (χ3n) is 3.82. The van der Waals surface area contributed by atoms with Gasteiger partial charge in [0.15, 0.2) is 0 Å². The average molecular weight is 335 g/mol. The molecule has 1 saturated heterocycles. The first kappa shape index (κ1) is 15.3. The standard InChI is InChI=1S/C18H17N5S/c1-13-14(2)24-18(19-13)23-21-17(15-9-5-3-6-10-15)20-22(23)16-11-7-4-8-12-16/h3-12,24H,1-2H3/q-2. The van der Waals surface area contributed by atoms with Crippen LogP contribution in [0.25, 0.3) is 10.9 Å². The van der Waals surface area contributed by atoms with Crippen LogP contribution in [0.5, 0.6) is 0 Å². The number of nitrogens with zero attached hydrogens (tertiary/aromatic N) is 5. The molecule has 24 heavy (non-hydrogen) atoms. The van der Waals surface area contributed by atoms with E-state index in [2.05, 4.69) is 11.9 Å². The predicted octanol–water partition coefficient (Wildman–Crippen LogP) is 4.13. The van der Waals surface area contributed by atoms with Crippen LogP contribution in [0.15, 0.2) is 65.7 Å². The van der Waals surface area contributed by atoms with Crippen LogP contribution in [0.2, 0.25) is 0 Å². The largest absolute Gasteiger partial charge is 0.513 e. The molecule has 2 aromatic carbocycles. The number of hydrogen-bond acceptors (Lipinski definition) is 3. The molecule has 5 nitrogen and oxygen atoms in total. The van der Waals surface area contributed by atoms with E-state index in [-0.39, 0.29) is 0 Å². The van der Waals surface area contributed by atoms with E-state index in [0.717, 1.165) is 34.2 Å². The van der Waals surface area contributed by atoms with Crippen LogP contribution in [-0.2, 0) is 11.8 Å². The second-order valence-corrected chi connectivity index (χ2v) is 6.79. The lowest BCUT2D eigenvalue weighted by Crippen LogP contribution is -2.33. The Labute approximate surface area is 146 Å². The fourth-order valence-electron chi connectivity index (χ4n) is 2.42. The molecule has 0 aromatic heterocycles. The van der Waals surface area contributed by atoms with Crippen molar-refractivity contribution in [1.82, 2.24) is 5.12 Å². The van der Waals surface area contributed by atoms with Crippen molar-refractivity contribution in [2.75, 3.05) is 5.12 Å². The van der Waals surface area contributed by atoms with Crippen LogP contribution >= 0.6 is 0 Å². The van der Waals surface area contributed by atoms with Crippen LogP contribution in [0.1, 0.15) is 19.4 Å². The maximum Gasteiger partial charge on any atom is 0.117 e. The van der Waals surface area contributed by atoms with Gasteiger partial charge >= 0.3 is 0 Å². The molecule has 122 valence electrons. The minimum absolute atomic E-state index is 0.680. The van der Waals surface area contributed by atoms with Gasteiger partial charge in [0, 0.05) is 17.8 Å². The Bertz CT molecular complexity index is 721. The van der Waals surface area contributed by atoms with Gasteiger partial charge < -0.3 is 26.1 Å². The van der Waals surface area contributed by atoms with Crippen LogP contribution in [0.4, 0.5) is 5.69 Å². The van der Waals surface area contributed by atoms with E-state index in [1.54, 1.807) is 10.2 Å². The zero-order chi connectivity index (χ0) is 16.5. The summed E-state index contributed by atoms with van der Waals surface area (Å²) in [7, 11) is 0. The van der Waals surface area contributed by atoms with E-state index < -0.39 is 0 Å². The third-order valence-corrected chi connectivity index (χ3v) is 4.95. The second kappa shape index (κ2) is 6.33. The molecule has 2 aromatic rings. The summed E-state index contributed by atoms with van der Waals surface area (Å²) in [5, 5.41) is 4.83. The van der Waals surface area contributed by atoms with Crippen molar-refractivity contribution in [3.63, 3.8) is 0 Å². The molecule has 1 fully saturated rings. The van der Waals surface area contributed by atoms with Gasteiger partial charge in [-0.3, -0.25) is 0 Å². The maximum absolute atomic E-state index is 4.71. The number of rotatable bonds is 3. The zero-order valence-electron chi connectivity index (χ0n) is 13.5. The second-order valence-electron chi connectivity index (χ2n) is 5.50. The Kier molecular flexibility index (Phi) is 4.03. The van der Waals surface area contributed by atoms with Crippen molar-refractivity contribution in [3.8, 4) is 0 Å². The first-order chi connectivity index (χ1) is 11.7. The summed E-state index contributed by atoms with van der Waals surface area (Å²) >= 11 is 1.06. The van der Waals surface area contributed by atoms with Gasteiger partial charge in [0.1, 0.15) is 5.50 Å². The Morgan fingerprint density at radius 1 is 1.00 bits per heavy atom. The Morgan fingerprint density at radius 2 is 1.67 bits per heavy atom. The molecule has 0 N–H and O–H groups in total. The van der Waals surface area contributed by atoms with Gasteiger partial charge in [-0.15, -0.1) is 20.0 Å². The molecule has 2 aliphatic heterocycles. The molecule has 0 saturated carbocycles. The predicted molar refractivity (Wildman–Crippen MR) is 100 cm³/mol. The molecular weight excluding hydrogens is 318 g/mol. The molecule has 0 radical (unpaired) electrons. The van der Waals surface area contributed by atoms with Crippen LogP contribution in [-0.4, -0.2) is 10.8 Å². The fraction of sp³-hybridized carbons (Fsp3) is 0.111. The Balaban J connectivity index is 1.64. The van der Waals surface area contributed by atoms with E-state index in [4.69, 9.17) is 10.9 Å². The van der Waals surface area contributed by atoms with Gasteiger partial charge in [-0.05, 0) is 30.3 Å². The molecule has 2 aliphatic rings. The first-order valence-electron chi connectivity index (χ1n) is 7.71. The molecule has 0 amide bonds. The Hall–Kier alpha value is -2.25. The molecular formula is C18H17N5S-2. The van der Waals surface area contributed by atoms with Gasteiger partial charge in [-0.1, -0.05) is 18.2 Å². The van der Waals surface area contributed by atoms with Gasteiger partial charge in [0.05, 0.1) is 5.56 Å². The van der Waals surface area contributed by atoms with Crippen molar-refractivity contribution < 1.29 is 0 Å². The van der Waals surface area contributed by atoms with E-state index in [0.29, 0.717) is 6.17 Å². The molecule has 0 spiro atoms. The van der Waals surface area contributed by atoms with Crippen molar-refractivity contribution in [2.45, 2.75) is 13.8 Å². The lowest BCUT2D eigenvalue weighted by molar-refractivity contribution is 0.435. The number of hydrogen-bond donors (Lipinski definition) is 0. The van der Waals surface area contributed by atoms with E-state index >= 15 is 0 Å². The summed E-state index contributed by atoms with van der Waals surface area (Å²) < 4.78 is 0. The maximum atomic E-state index is 4.71. The fourth-order valence-corrected chi connectivity index (χ4v) is 3.35. The highest BCUT2D eigenvalue weighted by atomic mass is 32.2. The van der Waals surface area contributed by atoms with Gasteiger partial charge in [0.2, 0.25) is 0 Å².